The Hall–Kier alpha value is -1.94. The average molecular weight is 227 g/mol. The van der Waals surface area contributed by atoms with E-state index in [1.807, 2.05) is 24.3 Å². The zero-order valence-corrected chi connectivity index (χ0v) is 9.60. The predicted octanol–water partition coefficient (Wildman–Crippen LogP) is 2.06. The number of nitrogens with two attached hydrogens (primary N) is 1. The van der Waals surface area contributed by atoms with Gasteiger partial charge in [-0.3, -0.25) is 0 Å². The Labute approximate surface area is 99.5 Å². The SMILES string of the molecule is Cc1ccc(-c2nc(N)c3c(n2)COC3)cc1. The fraction of sp³-hybridized carbons (Fsp3) is 0.231. The van der Waals surface area contributed by atoms with Crippen molar-refractivity contribution in [2.75, 3.05) is 5.73 Å². The monoisotopic (exact) mass is 227 g/mol. The highest BCUT2D eigenvalue weighted by Crippen LogP contribution is 2.26. The largest absolute Gasteiger partial charge is 0.383 e. The number of hydrogen-bond acceptors (Lipinski definition) is 4. The van der Waals surface area contributed by atoms with Crippen LogP contribution >= 0.6 is 0 Å². The highest BCUT2D eigenvalue weighted by atomic mass is 16.5. The molecule has 2 N–H and O–H groups in total. The van der Waals surface area contributed by atoms with Crippen LogP contribution in [-0.4, -0.2) is 9.97 Å². The van der Waals surface area contributed by atoms with E-state index in [0.29, 0.717) is 24.9 Å². The Balaban J connectivity index is 2.10. The Kier molecular flexibility index (Phi) is 2.30. The Bertz CT molecular complexity index is 564. The molecule has 17 heavy (non-hydrogen) atoms. The lowest BCUT2D eigenvalue weighted by Gasteiger charge is -2.05. The molecule has 2 aromatic rings. The van der Waals surface area contributed by atoms with Crippen LogP contribution in [0.3, 0.4) is 0 Å². The van der Waals surface area contributed by atoms with Crippen LogP contribution in [0.15, 0.2) is 24.3 Å². The molecule has 0 radical (unpaired) electrons. The fourth-order valence-corrected chi connectivity index (χ4v) is 1.91. The molecule has 0 aliphatic carbocycles. The first kappa shape index (κ1) is 10.2. The molecular formula is C13H13N3O. The molecule has 4 heteroatoms. The lowest BCUT2D eigenvalue weighted by Crippen LogP contribution is -2.02. The van der Waals surface area contributed by atoms with Gasteiger partial charge in [-0.1, -0.05) is 29.8 Å². The molecule has 1 aromatic heterocycles. The van der Waals surface area contributed by atoms with Crippen LogP contribution in [0.25, 0.3) is 11.4 Å². The van der Waals surface area contributed by atoms with Crippen molar-refractivity contribution in [2.45, 2.75) is 20.1 Å². The van der Waals surface area contributed by atoms with Crippen molar-refractivity contribution in [3.05, 3.63) is 41.1 Å². The topological polar surface area (TPSA) is 61.0 Å². The number of benzene rings is 1. The van der Waals surface area contributed by atoms with E-state index in [1.165, 1.54) is 5.56 Å². The lowest BCUT2D eigenvalue weighted by atomic mass is 10.1. The summed E-state index contributed by atoms with van der Waals surface area (Å²) < 4.78 is 5.32. The Morgan fingerprint density at radius 3 is 2.65 bits per heavy atom. The van der Waals surface area contributed by atoms with Gasteiger partial charge in [-0.15, -0.1) is 0 Å². The standard InChI is InChI=1S/C13H13N3O/c1-8-2-4-9(5-3-8)13-15-11-7-17-6-10(11)12(14)16-13/h2-5H,6-7H2,1H3,(H2,14,15,16). The van der Waals surface area contributed by atoms with Gasteiger partial charge in [0, 0.05) is 11.1 Å². The number of aryl methyl sites for hydroxylation is 1. The van der Waals surface area contributed by atoms with Crippen molar-refractivity contribution in [3.8, 4) is 11.4 Å². The number of nitrogens with zero attached hydrogens (tertiary/aromatic N) is 2. The summed E-state index contributed by atoms with van der Waals surface area (Å²) in [4.78, 5) is 8.83. The Morgan fingerprint density at radius 1 is 1.12 bits per heavy atom. The maximum atomic E-state index is 5.91. The molecule has 1 aromatic carbocycles. The molecule has 0 spiro atoms. The summed E-state index contributed by atoms with van der Waals surface area (Å²) in [5.74, 6) is 1.20. The van der Waals surface area contributed by atoms with E-state index in [2.05, 4.69) is 16.9 Å². The van der Waals surface area contributed by atoms with E-state index >= 15 is 0 Å². The number of rotatable bonds is 1. The molecule has 0 amide bonds. The third-order valence-corrected chi connectivity index (χ3v) is 2.92. The molecule has 86 valence electrons. The van der Waals surface area contributed by atoms with Gasteiger partial charge in [-0.2, -0.15) is 0 Å². The minimum atomic E-state index is 0.523. The summed E-state index contributed by atoms with van der Waals surface area (Å²) in [6.45, 7) is 3.10. The second-order valence-electron chi connectivity index (χ2n) is 4.22. The summed E-state index contributed by atoms with van der Waals surface area (Å²) >= 11 is 0. The summed E-state index contributed by atoms with van der Waals surface area (Å²) in [5.41, 5.74) is 9.95. The molecule has 1 aliphatic heterocycles. The van der Waals surface area contributed by atoms with Gasteiger partial charge in [-0.25, -0.2) is 9.97 Å². The highest BCUT2D eigenvalue weighted by Gasteiger charge is 2.18. The van der Waals surface area contributed by atoms with Gasteiger partial charge >= 0.3 is 0 Å². The third-order valence-electron chi connectivity index (χ3n) is 2.92. The van der Waals surface area contributed by atoms with E-state index in [4.69, 9.17) is 10.5 Å². The summed E-state index contributed by atoms with van der Waals surface area (Å²) in [7, 11) is 0. The maximum Gasteiger partial charge on any atom is 0.161 e. The van der Waals surface area contributed by atoms with Crippen LogP contribution in [0, 0.1) is 6.92 Å². The molecule has 4 nitrogen and oxygen atoms in total. The first-order chi connectivity index (χ1) is 8.24. The first-order valence-electron chi connectivity index (χ1n) is 5.54. The van der Waals surface area contributed by atoms with Gasteiger partial charge in [0.25, 0.3) is 0 Å². The number of fused-ring (bicyclic) bond motifs is 1. The molecule has 0 saturated carbocycles. The molecule has 3 rings (SSSR count). The molecular weight excluding hydrogens is 214 g/mol. The fourth-order valence-electron chi connectivity index (χ4n) is 1.91. The number of nitrogen functional groups attached to an aromatic ring is 1. The van der Waals surface area contributed by atoms with Crippen molar-refractivity contribution in [1.29, 1.82) is 0 Å². The van der Waals surface area contributed by atoms with E-state index in [9.17, 15) is 0 Å². The zero-order chi connectivity index (χ0) is 11.8. The molecule has 0 unspecified atom stereocenters. The van der Waals surface area contributed by atoms with E-state index in [1.54, 1.807) is 0 Å². The van der Waals surface area contributed by atoms with Crippen LogP contribution in [-0.2, 0) is 18.0 Å². The average Bonchev–Trinajstić information content (AvgIpc) is 2.78. The third kappa shape index (κ3) is 1.76. The minimum Gasteiger partial charge on any atom is -0.383 e. The van der Waals surface area contributed by atoms with Gasteiger partial charge in [0.2, 0.25) is 0 Å². The number of anilines is 1. The van der Waals surface area contributed by atoms with Gasteiger partial charge in [0.05, 0.1) is 18.9 Å². The lowest BCUT2D eigenvalue weighted by molar-refractivity contribution is 0.133. The molecule has 0 fully saturated rings. The Morgan fingerprint density at radius 2 is 1.88 bits per heavy atom. The molecule has 1 aliphatic rings. The second kappa shape index (κ2) is 3.82. The quantitative estimate of drug-likeness (QED) is 0.810. The van der Waals surface area contributed by atoms with Crippen LogP contribution in [0.4, 0.5) is 5.82 Å². The van der Waals surface area contributed by atoms with Crippen LogP contribution in [0.2, 0.25) is 0 Å². The summed E-state index contributed by atoms with van der Waals surface area (Å²) in [6.07, 6.45) is 0. The van der Waals surface area contributed by atoms with Gasteiger partial charge in [0.15, 0.2) is 5.82 Å². The molecule has 2 heterocycles. The van der Waals surface area contributed by atoms with Crippen molar-refractivity contribution in [3.63, 3.8) is 0 Å². The predicted molar refractivity (Wildman–Crippen MR) is 65.1 cm³/mol. The highest BCUT2D eigenvalue weighted by molar-refractivity contribution is 5.59. The summed E-state index contributed by atoms with van der Waals surface area (Å²) in [5, 5.41) is 0. The first-order valence-corrected chi connectivity index (χ1v) is 5.54. The summed E-state index contributed by atoms with van der Waals surface area (Å²) in [6, 6.07) is 8.09. The van der Waals surface area contributed by atoms with Gasteiger partial charge < -0.3 is 10.5 Å². The van der Waals surface area contributed by atoms with Gasteiger partial charge in [-0.05, 0) is 6.92 Å². The van der Waals surface area contributed by atoms with E-state index in [0.717, 1.165) is 16.8 Å². The van der Waals surface area contributed by atoms with E-state index in [-0.39, 0.29) is 0 Å². The van der Waals surface area contributed by atoms with E-state index < -0.39 is 0 Å². The van der Waals surface area contributed by atoms with Crippen LogP contribution in [0.1, 0.15) is 16.8 Å². The van der Waals surface area contributed by atoms with Crippen LogP contribution in [0.5, 0.6) is 0 Å². The number of hydrogen-bond donors (Lipinski definition) is 1. The van der Waals surface area contributed by atoms with Crippen molar-refractivity contribution >= 4 is 5.82 Å². The van der Waals surface area contributed by atoms with Crippen LogP contribution < -0.4 is 5.73 Å². The number of ether oxygens (including phenoxy) is 1. The van der Waals surface area contributed by atoms with Crippen molar-refractivity contribution in [2.24, 2.45) is 0 Å². The van der Waals surface area contributed by atoms with Crippen molar-refractivity contribution < 1.29 is 4.74 Å². The minimum absolute atomic E-state index is 0.523. The zero-order valence-electron chi connectivity index (χ0n) is 9.60. The molecule has 0 atom stereocenters. The molecule has 0 bridgehead atoms. The normalized spacial score (nSPS) is 13.7. The molecule has 0 saturated heterocycles. The number of aromatic nitrogens is 2. The second-order valence-corrected chi connectivity index (χ2v) is 4.22. The maximum absolute atomic E-state index is 5.91. The smallest absolute Gasteiger partial charge is 0.161 e. The van der Waals surface area contributed by atoms with Crippen molar-refractivity contribution in [1.82, 2.24) is 9.97 Å². The van der Waals surface area contributed by atoms with Gasteiger partial charge in [0.1, 0.15) is 5.82 Å².